The van der Waals surface area contributed by atoms with E-state index in [1.807, 2.05) is 58.0 Å². The molecular weight excluding hydrogens is 406 g/mol. The minimum atomic E-state index is -0.761. The molecule has 3 amide bonds. The third-order valence-electron chi connectivity index (χ3n) is 5.86. The van der Waals surface area contributed by atoms with Gasteiger partial charge in [0.2, 0.25) is 17.7 Å². The molecule has 7 nitrogen and oxygen atoms in total. The summed E-state index contributed by atoms with van der Waals surface area (Å²) in [6.07, 6.45) is 3.12. The minimum absolute atomic E-state index is 0.0677. The average Bonchev–Trinajstić information content (AvgIpc) is 3.14. The molecule has 2 rings (SSSR count). The zero-order valence-corrected chi connectivity index (χ0v) is 19.6. The van der Waals surface area contributed by atoms with Crippen molar-refractivity contribution in [3.05, 3.63) is 35.9 Å². The highest BCUT2D eigenvalue weighted by Crippen LogP contribution is 2.25. The van der Waals surface area contributed by atoms with Gasteiger partial charge in [0.1, 0.15) is 12.3 Å². The van der Waals surface area contributed by atoms with Gasteiger partial charge in [0, 0.05) is 18.9 Å². The van der Waals surface area contributed by atoms with Gasteiger partial charge in [-0.3, -0.25) is 14.4 Å². The molecule has 3 unspecified atom stereocenters. The van der Waals surface area contributed by atoms with E-state index in [2.05, 4.69) is 16.0 Å². The molecule has 0 spiro atoms. The van der Waals surface area contributed by atoms with E-state index in [4.69, 9.17) is 0 Å². The Morgan fingerprint density at radius 2 is 1.88 bits per heavy atom. The Bertz CT molecular complexity index is 788. The fraction of sp³-hybridized carbons (Fsp3) is 0.600. The molecule has 0 aromatic heterocycles. The largest absolute Gasteiger partial charge is 0.356 e. The Kier molecular flexibility index (Phi) is 9.42. The van der Waals surface area contributed by atoms with Crippen molar-refractivity contribution in [3.63, 3.8) is 0 Å². The molecule has 1 fully saturated rings. The molecule has 0 bridgehead atoms. The van der Waals surface area contributed by atoms with Crippen LogP contribution < -0.4 is 16.0 Å². The van der Waals surface area contributed by atoms with Crippen LogP contribution in [0.1, 0.15) is 71.3 Å². The van der Waals surface area contributed by atoms with E-state index in [0.717, 1.165) is 12.0 Å². The van der Waals surface area contributed by atoms with Crippen LogP contribution in [0.4, 0.5) is 0 Å². The van der Waals surface area contributed by atoms with Gasteiger partial charge in [-0.15, -0.1) is 0 Å². The number of benzene rings is 1. The number of rotatable bonds is 11. The van der Waals surface area contributed by atoms with Gasteiger partial charge in [-0.25, -0.2) is 0 Å². The maximum atomic E-state index is 13.0. The molecule has 7 heteroatoms. The van der Waals surface area contributed by atoms with Crippen LogP contribution in [0.15, 0.2) is 30.3 Å². The molecule has 1 aliphatic rings. The van der Waals surface area contributed by atoms with Crippen molar-refractivity contribution in [2.24, 2.45) is 11.3 Å². The van der Waals surface area contributed by atoms with Crippen molar-refractivity contribution in [2.75, 3.05) is 6.54 Å². The lowest BCUT2D eigenvalue weighted by molar-refractivity contribution is -0.131. The summed E-state index contributed by atoms with van der Waals surface area (Å²) in [6, 6.07) is 8.35. The van der Waals surface area contributed by atoms with Crippen molar-refractivity contribution in [3.8, 4) is 0 Å². The summed E-state index contributed by atoms with van der Waals surface area (Å²) >= 11 is 0. The van der Waals surface area contributed by atoms with Crippen molar-refractivity contribution in [2.45, 2.75) is 77.8 Å². The van der Waals surface area contributed by atoms with E-state index < -0.39 is 18.0 Å². The Hall–Kier alpha value is -2.70. The summed E-state index contributed by atoms with van der Waals surface area (Å²) in [5.41, 5.74) is 0.888. The second-order valence-corrected chi connectivity index (χ2v) is 9.87. The highest BCUT2D eigenvalue weighted by atomic mass is 16.2. The Morgan fingerprint density at radius 3 is 2.41 bits per heavy atom. The minimum Gasteiger partial charge on any atom is -0.356 e. The normalized spacial score (nSPS) is 18.9. The fourth-order valence-corrected chi connectivity index (χ4v) is 4.13. The van der Waals surface area contributed by atoms with E-state index in [-0.39, 0.29) is 41.9 Å². The third-order valence-corrected chi connectivity index (χ3v) is 5.86. The van der Waals surface area contributed by atoms with Crippen LogP contribution in [0.3, 0.4) is 0 Å². The van der Waals surface area contributed by atoms with Crippen LogP contribution in [-0.2, 0) is 19.2 Å². The van der Waals surface area contributed by atoms with Gasteiger partial charge >= 0.3 is 0 Å². The molecule has 0 aliphatic carbocycles. The number of aldehydes is 1. The molecule has 1 aliphatic heterocycles. The Balaban J connectivity index is 2.03. The average molecular weight is 444 g/mol. The van der Waals surface area contributed by atoms with Crippen LogP contribution in [0.5, 0.6) is 0 Å². The maximum absolute atomic E-state index is 13.0. The van der Waals surface area contributed by atoms with E-state index in [0.29, 0.717) is 25.7 Å². The number of carbonyl (C=O) groups excluding carboxylic acids is 4. The number of amides is 3. The zero-order valence-electron chi connectivity index (χ0n) is 19.6. The summed E-state index contributed by atoms with van der Waals surface area (Å²) in [6.45, 7) is 8.62. The number of hydrogen-bond donors (Lipinski definition) is 3. The Labute approximate surface area is 191 Å². The third kappa shape index (κ3) is 8.09. The number of carbonyl (C=O) groups is 4. The lowest BCUT2D eigenvalue weighted by Crippen LogP contribution is -2.52. The van der Waals surface area contributed by atoms with Crippen molar-refractivity contribution in [1.82, 2.24) is 16.0 Å². The summed E-state index contributed by atoms with van der Waals surface area (Å²) < 4.78 is 0. The van der Waals surface area contributed by atoms with Gasteiger partial charge in [-0.1, -0.05) is 58.0 Å². The van der Waals surface area contributed by atoms with Crippen LogP contribution in [0, 0.1) is 11.3 Å². The molecule has 3 N–H and O–H groups in total. The fourth-order valence-electron chi connectivity index (χ4n) is 4.13. The Morgan fingerprint density at radius 1 is 1.19 bits per heavy atom. The molecule has 0 radical (unpaired) electrons. The van der Waals surface area contributed by atoms with Crippen LogP contribution in [0.2, 0.25) is 0 Å². The first-order valence-electron chi connectivity index (χ1n) is 11.5. The smallest absolute Gasteiger partial charge is 0.243 e. The standard InChI is InChI=1S/C25H37N3O4/c1-5-17(18-9-7-6-8-10-18)14-22(30)28-21(15-25(2,3)4)24(32)27-20(16-29)13-19-11-12-26-23(19)31/h6-10,16-17,19-21H,5,11-15H2,1-4H3,(H,26,31)(H,27,32)(H,28,30)/t17?,19?,20?,21-/m0/s1. The molecule has 4 atom stereocenters. The van der Waals surface area contributed by atoms with Gasteiger partial charge in [-0.2, -0.15) is 0 Å². The molecule has 176 valence electrons. The molecule has 1 saturated heterocycles. The van der Waals surface area contributed by atoms with Gasteiger partial charge < -0.3 is 20.7 Å². The van der Waals surface area contributed by atoms with E-state index in [9.17, 15) is 19.2 Å². The van der Waals surface area contributed by atoms with Gasteiger partial charge in [0.25, 0.3) is 0 Å². The quantitative estimate of drug-likeness (QED) is 0.457. The first kappa shape index (κ1) is 25.6. The van der Waals surface area contributed by atoms with E-state index in [1.165, 1.54) is 0 Å². The lowest BCUT2D eigenvalue weighted by Gasteiger charge is -2.28. The second kappa shape index (κ2) is 11.8. The first-order chi connectivity index (χ1) is 15.1. The lowest BCUT2D eigenvalue weighted by atomic mass is 9.87. The monoisotopic (exact) mass is 443 g/mol. The molecule has 0 saturated carbocycles. The van der Waals surface area contributed by atoms with Crippen LogP contribution in [-0.4, -0.2) is 42.6 Å². The maximum Gasteiger partial charge on any atom is 0.243 e. The first-order valence-corrected chi connectivity index (χ1v) is 11.5. The number of hydrogen-bond acceptors (Lipinski definition) is 4. The summed E-state index contributed by atoms with van der Waals surface area (Å²) in [7, 11) is 0. The SMILES string of the molecule is CCC(CC(=O)N[C@@H](CC(C)(C)C)C(=O)NC(C=O)CC1CCNC1=O)c1ccccc1. The predicted octanol–water partition coefficient (Wildman–Crippen LogP) is 2.70. The molecule has 1 heterocycles. The van der Waals surface area contributed by atoms with Gasteiger partial charge in [0.05, 0.1) is 6.04 Å². The molecule has 1 aromatic rings. The molecule has 32 heavy (non-hydrogen) atoms. The summed E-state index contributed by atoms with van der Waals surface area (Å²) in [4.78, 5) is 49.3. The second-order valence-electron chi connectivity index (χ2n) is 9.87. The predicted molar refractivity (Wildman–Crippen MR) is 124 cm³/mol. The van der Waals surface area contributed by atoms with Gasteiger partial charge in [-0.05, 0) is 42.6 Å². The highest BCUT2D eigenvalue weighted by Gasteiger charge is 2.31. The van der Waals surface area contributed by atoms with Crippen molar-refractivity contribution in [1.29, 1.82) is 0 Å². The molecular formula is C25H37N3O4. The van der Waals surface area contributed by atoms with Crippen molar-refractivity contribution < 1.29 is 19.2 Å². The van der Waals surface area contributed by atoms with E-state index in [1.54, 1.807) is 0 Å². The number of nitrogens with one attached hydrogen (secondary N) is 3. The van der Waals surface area contributed by atoms with E-state index >= 15 is 0 Å². The zero-order chi connectivity index (χ0) is 23.7. The van der Waals surface area contributed by atoms with Crippen molar-refractivity contribution >= 4 is 24.0 Å². The van der Waals surface area contributed by atoms with Gasteiger partial charge in [0.15, 0.2) is 0 Å². The van der Waals surface area contributed by atoms with Crippen LogP contribution in [0.25, 0.3) is 0 Å². The molecule has 1 aromatic carbocycles. The van der Waals surface area contributed by atoms with Crippen LogP contribution >= 0.6 is 0 Å². The summed E-state index contributed by atoms with van der Waals surface area (Å²) in [5.74, 6) is -0.882. The highest BCUT2D eigenvalue weighted by molar-refractivity contribution is 5.89. The topological polar surface area (TPSA) is 104 Å². The summed E-state index contributed by atoms with van der Waals surface area (Å²) in [5, 5.41) is 8.38.